The van der Waals surface area contributed by atoms with Crippen molar-refractivity contribution >= 4 is 17.7 Å². The number of amides is 1. The molecule has 0 aliphatic heterocycles. The zero-order chi connectivity index (χ0) is 11.7. The maximum atomic E-state index is 11.2. The van der Waals surface area contributed by atoms with E-state index in [1.165, 1.54) is 11.8 Å². The van der Waals surface area contributed by atoms with Crippen LogP contribution in [0.1, 0.15) is 26.7 Å². The standard InChI is InChI=1S/C10H18N2O2S/c1-3-4-10(2,14)8-12-9(13)7-15-6-5-11/h14H,3-4,6-8H2,1-2H3,(H,12,13). The molecular formula is C10H18N2O2S. The number of hydrogen-bond donors (Lipinski definition) is 2. The van der Waals surface area contributed by atoms with Crippen molar-refractivity contribution in [3.63, 3.8) is 0 Å². The van der Waals surface area contributed by atoms with Crippen molar-refractivity contribution in [2.45, 2.75) is 32.3 Å². The van der Waals surface area contributed by atoms with Gasteiger partial charge in [-0.1, -0.05) is 13.3 Å². The summed E-state index contributed by atoms with van der Waals surface area (Å²) in [5.41, 5.74) is -0.829. The van der Waals surface area contributed by atoms with Crippen molar-refractivity contribution in [3.05, 3.63) is 0 Å². The number of aliphatic hydroxyl groups is 1. The van der Waals surface area contributed by atoms with Crippen LogP contribution in [0.3, 0.4) is 0 Å². The second-order valence-corrected chi connectivity index (χ2v) is 4.66. The highest BCUT2D eigenvalue weighted by Crippen LogP contribution is 2.10. The van der Waals surface area contributed by atoms with E-state index in [0.717, 1.165) is 6.42 Å². The van der Waals surface area contributed by atoms with Crippen LogP contribution >= 0.6 is 11.8 Å². The molecule has 1 amide bonds. The normalized spacial score (nSPS) is 14.0. The van der Waals surface area contributed by atoms with E-state index in [0.29, 0.717) is 12.2 Å². The molecule has 0 bridgehead atoms. The highest BCUT2D eigenvalue weighted by atomic mass is 32.2. The van der Waals surface area contributed by atoms with Crippen molar-refractivity contribution < 1.29 is 9.90 Å². The summed E-state index contributed by atoms with van der Waals surface area (Å²) < 4.78 is 0. The Morgan fingerprint density at radius 1 is 1.67 bits per heavy atom. The number of nitriles is 1. The predicted molar refractivity (Wildman–Crippen MR) is 61.5 cm³/mol. The van der Waals surface area contributed by atoms with Gasteiger partial charge in [0, 0.05) is 6.54 Å². The summed E-state index contributed by atoms with van der Waals surface area (Å²) in [6.45, 7) is 3.96. The molecule has 4 nitrogen and oxygen atoms in total. The van der Waals surface area contributed by atoms with Gasteiger partial charge in [-0.2, -0.15) is 5.26 Å². The van der Waals surface area contributed by atoms with Crippen LogP contribution in [0.15, 0.2) is 0 Å². The van der Waals surface area contributed by atoms with Crippen LogP contribution in [-0.2, 0) is 4.79 Å². The van der Waals surface area contributed by atoms with Crippen LogP contribution < -0.4 is 5.32 Å². The van der Waals surface area contributed by atoms with Crippen LogP contribution in [0.2, 0.25) is 0 Å². The molecule has 0 saturated carbocycles. The Balaban J connectivity index is 3.66. The summed E-state index contributed by atoms with van der Waals surface area (Å²) in [4.78, 5) is 11.2. The number of hydrogen-bond acceptors (Lipinski definition) is 4. The lowest BCUT2D eigenvalue weighted by molar-refractivity contribution is -0.119. The number of nitrogens with zero attached hydrogens (tertiary/aromatic N) is 1. The smallest absolute Gasteiger partial charge is 0.230 e. The van der Waals surface area contributed by atoms with Crippen LogP contribution in [0.5, 0.6) is 0 Å². The van der Waals surface area contributed by atoms with Gasteiger partial charge in [-0.05, 0) is 13.3 Å². The second-order valence-electron chi connectivity index (χ2n) is 3.67. The van der Waals surface area contributed by atoms with Crippen molar-refractivity contribution in [3.8, 4) is 6.07 Å². The van der Waals surface area contributed by atoms with Crippen LogP contribution in [0, 0.1) is 11.3 Å². The highest BCUT2D eigenvalue weighted by molar-refractivity contribution is 8.00. The molecule has 0 saturated heterocycles. The van der Waals surface area contributed by atoms with Crippen LogP contribution in [0.4, 0.5) is 0 Å². The Bertz CT molecular complexity index is 236. The molecule has 0 fully saturated rings. The number of nitrogens with one attached hydrogen (secondary N) is 1. The van der Waals surface area contributed by atoms with Gasteiger partial charge in [0.25, 0.3) is 0 Å². The minimum absolute atomic E-state index is 0.133. The van der Waals surface area contributed by atoms with E-state index in [9.17, 15) is 9.90 Å². The molecule has 0 aliphatic rings. The molecule has 0 heterocycles. The summed E-state index contributed by atoms with van der Waals surface area (Å²) in [5, 5.41) is 20.7. The Kier molecular flexibility index (Phi) is 7.18. The lowest BCUT2D eigenvalue weighted by Crippen LogP contribution is -2.41. The van der Waals surface area contributed by atoms with Gasteiger partial charge in [0.05, 0.1) is 23.2 Å². The van der Waals surface area contributed by atoms with E-state index in [1.807, 2.05) is 13.0 Å². The Hall–Kier alpha value is -0.730. The maximum Gasteiger partial charge on any atom is 0.230 e. The largest absolute Gasteiger partial charge is 0.388 e. The molecule has 0 radical (unpaired) electrons. The zero-order valence-electron chi connectivity index (χ0n) is 9.25. The minimum Gasteiger partial charge on any atom is -0.388 e. The molecule has 0 aromatic rings. The minimum atomic E-state index is -0.829. The van der Waals surface area contributed by atoms with E-state index >= 15 is 0 Å². The molecular weight excluding hydrogens is 212 g/mol. The van der Waals surface area contributed by atoms with Crippen LogP contribution in [-0.4, -0.2) is 34.7 Å². The fourth-order valence-electron chi connectivity index (χ4n) is 1.16. The van der Waals surface area contributed by atoms with Gasteiger partial charge in [0.15, 0.2) is 0 Å². The SMILES string of the molecule is CCCC(C)(O)CNC(=O)CSCC#N. The summed E-state index contributed by atoms with van der Waals surface area (Å²) in [6.07, 6.45) is 1.55. The average molecular weight is 230 g/mol. The van der Waals surface area contributed by atoms with Crippen LogP contribution in [0.25, 0.3) is 0 Å². The third-order valence-corrected chi connectivity index (χ3v) is 2.65. The molecule has 86 valence electrons. The molecule has 0 aromatic carbocycles. The molecule has 0 rings (SSSR count). The topological polar surface area (TPSA) is 73.1 Å². The number of carbonyl (C=O) groups excluding carboxylic acids is 1. The van der Waals surface area contributed by atoms with E-state index in [4.69, 9.17) is 5.26 Å². The quantitative estimate of drug-likeness (QED) is 0.638. The molecule has 2 N–H and O–H groups in total. The first-order valence-corrected chi connectivity index (χ1v) is 6.11. The third kappa shape index (κ3) is 8.28. The van der Waals surface area contributed by atoms with Crippen molar-refractivity contribution in [2.24, 2.45) is 0 Å². The fourth-order valence-corrected chi connectivity index (χ4v) is 1.64. The third-order valence-electron chi connectivity index (χ3n) is 1.85. The fraction of sp³-hybridized carbons (Fsp3) is 0.800. The highest BCUT2D eigenvalue weighted by Gasteiger charge is 2.19. The lowest BCUT2D eigenvalue weighted by Gasteiger charge is -2.22. The van der Waals surface area contributed by atoms with E-state index in [-0.39, 0.29) is 18.2 Å². The van der Waals surface area contributed by atoms with E-state index in [2.05, 4.69) is 5.32 Å². The van der Waals surface area contributed by atoms with E-state index < -0.39 is 5.60 Å². The van der Waals surface area contributed by atoms with Crippen molar-refractivity contribution in [1.82, 2.24) is 5.32 Å². The van der Waals surface area contributed by atoms with Gasteiger partial charge in [-0.3, -0.25) is 4.79 Å². The monoisotopic (exact) mass is 230 g/mol. The van der Waals surface area contributed by atoms with Crippen molar-refractivity contribution in [1.29, 1.82) is 5.26 Å². The Morgan fingerprint density at radius 3 is 2.87 bits per heavy atom. The lowest BCUT2D eigenvalue weighted by atomic mass is 10.0. The van der Waals surface area contributed by atoms with Crippen molar-refractivity contribution in [2.75, 3.05) is 18.1 Å². The molecule has 1 unspecified atom stereocenters. The summed E-state index contributed by atoms with van der Waals surface area (Å²) in [5.74, 6) is 0.459. The van der Waals surface area contributed by atoms with Gasteiger partial charge in [-0.25, -0.2) is 0 Å². The molecule has 15 heavy (non-hydrogen) atoms. The Morgan fingerprint density at radius 2 is 2.33 bits per heavy atom. The number of rotatable bonds is 7. The van der Waals surface area contributed by atoms with Gasteiger partial charge < -0.3 is 10.4 Å². The zero-order valence-corrected chi connectivity index (χ0v) is 10.1. The second kappa shape index (κ2) is 7.55. The summed E-state index contributed by atoms with van der Waals surface area (Å²) in [6, 6.07) is 1.95. The number of thioether (sulfide) groups is 1. The Labute approximate surface area is 95.0 Å². The number of carbonyl (C=O) groups is 1. The van der Waals surface area contributed by atoms with Gasteiger partial charge >= 0.3 is 0 Å². The molecule has 0 aromatic heterocycles. The molecule has 5 heteroatoms. The van der Waals surface area contributed by atoms with E-state index in [1.54, 1.807) is 6.92 Å². The average Bonchev–Trinajstić information content (AvgIpc) is 2.15. The van der Waals surface area contributed by atoms with Gasteiger partial charge in [0.2, 0.25) is 5.91 Å². The first kappa shape index (κ1) is 14.3. The summed E-state index contributed by atoms with van der Waals surface area (Å²) >= 11 is 1.27. The first-order valence-electron chi connectivity index (χ1n) is 4.95. The predicted octanol–water partition coefficient (Wildman–Crippen LogP) is 0.910. The maximum absolute atomic E-state index is 11.2. The first-order chi connectivity index (χ1) is 7.02. The van der Waals surface area contributed by atoms with Gasteiger partial charge in [-0.15, -0.1) is 11.8 Å². The summed E-state index contributed by atoms with van der Waals surface area (Å²) in [7, 11) is 0. The molecule has 0 spiro atoms. The molecule has 0 aliphatic carbocycles. The molecule has 1 atom stereocenters. The van der Waals surface area contributed by atoms with Gasteiger partial charge in [0.1, 0.15) is 0 Å².